The topological polar surface area (TPSA) is 26.3 Å². The largest absolute Gasteiger partial charge is 0.332 e. The maximum absolute atomic E-state index is 11.1. The highest BCUT2D eigenvalue weighted by Crippen LogP contribution is 2.58. The Kier molecular flexibility index (Phi) is 1.46. The molecule has 3 heteroatoms. The fraction of sp³-hybridized carbons (Fsp3) is 1.00. The van der Waals surface area contributed by atoms with Crippen LogP contribution in [0, 0.1) is 0 Å². The van der Waals surface area contributed by atoms with E-state index in [4.69, 9.17) is 4.52 Å². The Morgan fingerprint density at radius 3 is 2.25 bits per heavy atom. The summed E-state index contributed by atoms with van der Waals surface area (Å²) < 4.78 is 15.9. The quantitative estimate of drug-likeness (QED) is 0.537. The van der Waals surface area contributed by atoms with Crippen molar-refractivity contribution in [1.29, 1.82) is 0 Å². The monoisotopic (exact) mass is 134 g/mol. The van der Waals surface area contributed by atoms with Crippen molar-refractivity contribution < 1.29 is 9.09 Å². The lowest BCUT2D eigenvalue weighted by Crippen LogP contribution is -1.86. The fourth-order valence-electron chi connectivity index (χ4n) is 0.693. The van der Waals surface area contributed by atoms with Crippen molar-refractivity contribution in [3.63, 3.8) is 0 Å². The number of rotatable bonds is 2. The molecule has 0 aromatic rings. The van der Waals surface area contributed by atoms with Gasteiger partial charge in [-0.3, -0.25) is 4.57 Å². The average molecular weight is 134 g/mol. The van der Waals surface area contributed by atoms with Crippen molar-refractivity contribution in [1.82, 2.24) is 0 Å². The summed E-state index contributed by atoms with van der Waals surface area (Å²) >= 11 is 0. The number of hydrogen-bond donors (Lipinski definition) is 0. The first-order chi connectivity index (χ1) is 3.67. The summed E-state index contributed by atoms with van der Waals surface area (Å²) in [6.07, 6.45) is 2.20. The molecular weight excluding hydrogens is 123 g/mol. The smallest absolute Gasteiger partial charge is 0.202 e. The highest BCUT2D eigenvalue weighted by molar-refractivity contribution is 7.59. The minimum atomic E-state index is -2.13. The maximum Gasteiger partial charge on any atom is 0.202 e. The molecule has 0 aromatic heterocycles. The summed E-state index contributed by atoms with van der Waals surface area (Å²) in [7, 11) is -0.607. The first-order valence-electron chi connectivity index (χ1n) is 2.80. The zero-order valence-corrected chi connectivity index (χ0v) is 6.15. The van der Waals surface area contributed by atoms with Gasteiger partial charge in [0, 0.05) is 19.4 Å². The van der Waals surface area contributed by atoms with Crippen molar-refractivity contribution in [2.45, 2.75) is 18.5 Å². The standard InChI is InChI=1S/C5H11O2P/c1-7-8(2,6)5-3-4-5/h5H,3-4H2,1-2H3. The zero-order chi connectivity index (χ0) is 6.20. The van der Waals surface area contributed by atoms with Gasteiger partial charge in [0.1, 0.15) is 0 Å². The first-order valence-corrected chi connectivity index (χ1v) is 4.94. The van der Waals surface area contributed by atoms with Gasteiger partial charge < -0.3 is 4.52 Å². The molecule has 2 nitrogen and oxygen atoms in total. The van der Waals surface area contributed by atoms with Gasteiger partial charge in [0.05, 0.1) is 0 Å². The van der Waals surface area contributed by atoms with Crippen LogP contribution in [-0.4, -0.2) is 19.4 Å². The van der Waals surface area contributed by atoms with Crippen LogP contribution in [-0.2, 0) is 9.09 Å². The van der Waals surface area contributed by atoms with Gasteiger partial charge in [-0.2, -0.15) is 0 Å². The van der Waals surface area contributed by atoms with Crippen molar-refractivity contribution in [3.8, 4) is 0 Å². The van der Waals surface area contributed by atoms with Gasteiger partial charge in [-0.1, -0.05) is 0 Å². The third-order valence-corrected chi connectivity index (χ3v) is 4.14. The Morgan fingerprint density at radius 2 is 2.12 bits per heavy atom. The van der Waals surface area contributed by atoms with E-state index in [0.29, 0.717) is 5.66 Å². The molecule has 1 rings (SSSR count). The Balaban J connectivity index is 2.50. The Bertz CT molecular complexity index is 128. The van der Waals surface area contributed by atoms with Crippen LogP contribution in [0.1, 0.15) is 12.8 Å². The minimum Gasteiger partial charge on any atom is -0.332 e. The molecule has 1 atom stereocenters. The van der Waals surface area contributed by atoms with Gasteiger partial charge in [-0.05, 0) is 12.8 Å². The molecule has 48 valence electrons. The summed E-state index contributed by atoms with van der Waals surface area (Å²) in [6, 6.07) is 0. The summed E-state index contributed by atoms with van der Waals surface area (Å²) in [6.45, 7) is 1.71. The van der Waals surface area contributed by atoms with Gasteiger partial charge in [0.2, 0.25) is 7.37 Å². The van der Waals surface area contributed by atoms with Crippen LogP contribution in [0.25, 0.3) is 0 Å². The molecule has 1 aliphatic carbocycles. The molecule has 0 N–H and O–H groups in total. The van der Waals surface area contributed by atoms with Gasteiger partial charge in [-0.15, -0.1) is 0 Å². The third-order valence-electron chi connectivity index (χ3n) is 1.57. The van der Waals surface area contributed by atoms with Crippen LogP contribution < -0.4 is 0 Å². The molecule has 0 saturated heterocycles. The van der Waals surface area contributed by atoms with Crippen LogP contribution in [0.4, 0.5) is 0 Å². The Morgan fingerprint density at radius 1 is 1.62 bits per heavy atom. The van der Waals surface area contributed by atoms with Crippen LogP contribution >= 0.6 is 7.37 Å². The van der Waals surface area contributed by atoms with Crippen LogP contribution in [0.2, 0.25) is 0 Å². The predicted octanol–water partition coefficient (Wildman–Crippen LogP) is 1.70. The summed E-state index contributed by atoms with van der Waals surface area (Å²) in [5.74, 6) is 0. The van der Waals surface area contributed by atoms with Crippen LogP contribution in [0.5, 0.6) is 0 Å². The maximum atomic E-state index is 11.1. The van der Waals surface area contributed by atoms with E-state index in [1.54, 1.807) is 6.66 Å². The predicted molar refractivity (Wildman–Crippen MR) is 33.6 cm³/mol. The van der Waals surface area contributed by atoms with E-state index in [9.17, 15) is 4.57 Å². The van der Waals surface area contributed by atoms with E-state index in [2.05, 4.69) is 0 Å². The molecule has 1 fully saturated rings. The molecule has 0 radical (unpaired) electrons. The fourth-order valence-corrected chi connectivity index (χ4v) is 2.08. The molecular formula is C5H11O2P. The van der Waals surface area contributed by atoms with Crippen molar-refractivity contribution in [2.75, 3.05) is 13.8 Å². The minimum absolute atomic E-state index is 0.396. The van der Waals surface area contributed by atoms with Gasteiger partial charge in [0.15, 0.2) is 0 Å². The molecule has 0 heterocycles. The van der Waals surface area contributed by atoms with Crippen molar-refractivity contribution >= 4 is 7.37 Å². The number of hydrogen-bond acceptors (Lipinski definition) is 2. The van der Waals surface area contributed by atoms with E-state index in [1.165, 1.54) is 7.11 Å². The molecule has 0 bridgehead atoms. The average Bonchev–Trinajstić information content (AvgIpc) is 2.44. The van der Waals surface area contributed by atoms with Gasteiger partial charge >= 0.3 is 0 Å². The van der Waals surface area contributed by atoms with E-state index in [0.717, 1.165) is 12.8 Å². The summed E-state index contributed by atoms with van der Waals surface area (Å²) in [5, 5.41) is 0. The molecule has 1 unspecified atom stereocenters. The molecule has 1 aliphatic rings. The van der Waals surface area contributed by atoms with E-state index in [1.807, 2.05) is 0 Å². The highest BCUT2D eigenvalue weighted by Gasteiger charge is 2.37. The molecule has 0 amide bonds. The Hall–Kier alpha value is 0.190. The SMILES string of the molecule is COP(C)(=O)C1CC1. The summed E-state index contributed by atoms with van der Waals surface area (Å²) in [5.41, 5.74) is 0.396. The lowest BCUT2D eigenvalue weighted by Gasteiger charge is -2.06. The second-order valence-corrected chi connectivity index (χ2v) is 5.24. The molecule has 0 aromatic carbocycles. The Labute approximate surface area is 49.7 Å². The van der Waals surface area contributed by atoms with E-state index >= 15 is 0 Å². The lowest BCUT2D eigenvalue weighted by atomic mass is 11.0. The first kappa shape index (κ1) is 6.31. The van der Waals surface area contributed by atoms with Crippen LogP contribution in [0.3, 0.4) is 0 Å². The van der Waals surface area contributed by atoms with Gasteiger partial charge in [-0.25, -0.2) is 0 Å². The van der Waals surface area contributed by atoms with Crippen molar-refractivity contribution in [3.05, 3.63) is 0 Å². The third kappa shape index (κ3) is 1.12. The zero-order valence-electron chi connectivity index (χ0n) is 5.26. The molecule has 8 heavy (non-hydrogen) atoms. The normalized spacial score (nSPS) is 27.2. The van der Waals surface area contributed by atoms with Crippen LogP contribution in [0.15, 0.2) is 0 Å². The molecule has 0 spiro atoms. The van der Waals surface area contributed by atoms with E-state index < -0.39 is 7.37 Å². The molecule has 1 saturated carbocycles. The second kappa shape index (κ2) is 1.85. The van der Waals surface area contributed by atoms with Gasteiger partial charge in [0.25, 0.3) is 0 Å². The lowest BCUT2D eigenvalue weighted by molar-refractivity contribution is 0.397. The summed E-state index contributed by atoms with van der Waals surface area (Å²) in [4.78, 5) is 0. The van der Waals surface area contributed by atoms with E-state index in [-0.39, 0.29) is 0 Å². The highest BCUT2D eigenvalue weighted by atomic mass is 31.2. The second-order valence-electron chi connectivity index (χ2n) is 2.32. The molecule has 0 aliphatic heterocycles. The van der Waals surface area contributed by atoms with Crippen molar-refractivity contribution in [2.24, 2.45) is 0 Å².